The maximum Gasteiger partial charge on any atom is 0.135 e. The van der Waals surface area contributed by atoms with Gasteiger partial charge in [-0.2, -0.15) is 0 Å². The Kier molecular flexibility index (Phi) is 7.36. The average Bonchev–Trinajstić information content (AvgIpc) is 4.09. The standard InChI is InChI=1S/C60H37N3O/c1-3-15-38(16-4-1)49-37-58-51(45-21-9-13-25-55(45)63(58)42-29-32-60-52(35-42)47-22-10-14-26-59(47)64-60)36-48(49)39-27-30-46-43-19-7-11-23-53(43)62(57(46)33-39)41-28-31-56-50(34-41)44-20-8-12-24-54(44)61(56)40-17-5-2-6-18-40/h1-37H. The molecule has 0 radical (unpaired) electrons. The van der Waals surface area contributed by atoms with Gasteiger partial charge in [-0.3, -0.25) is 0 Å². The van der Waals surface area contributed by atoms with E-state index < -0.39 is 0 Å². The minimum Gasteiger partial charge on any atom is -0.456 e. The second-order valence-electron chi connectivity index (χ2n) is 16.9. The first-order valence-corrected chi connectivity index (χ1v) is 21.9. The average molecular weight is 816 g/mol. The van der Waals surface area contributed by atoms with E-state index in [0.29, 0.717) is 0 Å². The van der Waals surface area contributed by atoms with Gasteiger partial charge in [0.05, 0.1) is 33.1 Å². The van der Waals surface area contributed by atoms with Crippen molar-refractivity contribution in [3.63, 3.8) is 0 Å². The summed E-state index contributed by atoms with van der Waals surface area (Å²) < 4.78 is 13.5. The van der Waals surface area contributed by atoms with Crippen LogP contribution in [-0.2, 0) is 0 Å². The van der Waals surface area contributed by atoms with E-state index in [-0.39, 0.29) is 0 Å². The van der Waals surface area contributed by atoms with Gasteiger partial charge in [0, 0.05) is 60.2 Å². The Hall–Kier alpha value is -8.60. The van der Waals surface area contributed by atoms with E-state index in [0.717, 1.165) is 44.5 Å². The highest BCUT2D eigenvalue weighted by Gasteiger charge is 2.21. The van der Waals surface area contributed by atoms with Gasteiger partial charge >= 0.3 is 0 Å². The smallest absolute Gasteiger partial charge is 0.135 e. The Balaban J connectivity index is 1.02. The van der Waals surface area contributed by atoms with Crippen LogP contribution in [0.1, 0.15) is 0 Å². The van der Waals surface area contributed by atoms with Crippen LogP contribution in [0.15, 0.2) is 229 Å². The van der Waals surface area contributed by atoms with Crippen LogP contribution < -0.4 is 0 Å². The van der Waals surface area contributed by atoms with Crippen LogP contribution in [0.2, 0.25) is 0 Å². The lowest BCUT2D eigenvalue weighted by Crippen LogP contribution is -1.96. The Labute approximate surface area is 367 Å². The molecule has 0 atom stereocenters. The summed E-state index contributed by atoms with van der Waals surface area (Å²) >= 11 is 0. The molecule has 0 amide bonds. The van der Waals surface area contributed by atoms with Gasteiger partial charge in [0.1, 0.15) is 11.2 Å². The van der Waals surface area contributed by atoms with E-state index in [1.807, 2.05) is 12.1 Å². The van der Waals surface area contributed by atoms with Gasteiger partial charge in [-0.25, -0.2) is 0 Å². The number of fused-ring (bicyclic) bond motifs is 12. The number of nitrogens with zero attached hydrogens (tertiary/aromatic N) is 3. The van der Waals surface area contributed by atoms with Gasteiger partial charge in [-0.1, -0.05) is 133 Å². The summed E-state index contributed by atoms with van der Waals surface area (Å²) in [6, 6.07) is 81.7. The molecule has 0 saturated heterocycles. The third-order valence-corrected chi connectivity index (χ3v) is 13.4. The molecule has 64 heavy (non-hydrogen) atoms. The second-order valence-corrected chi connectivity index (χ2v) is 16.9. The summed E-state index contributed by atoms with van der Waals surface area (Å²) in [4.78, 5) is 0. The van der Waals surface area contributed by atoms with Crippen molar-refractivity contribution in [3.05, 3.63) is 224 Å². The van der Waals surface area contributed by atoms with Crippen LogP contribution in [-0.4, -0.2) is 13.7 Å². The minimum atomic E-state index is 0.893. The maximum absolute atomic E-state index is 6.27. The van der Waals surface area contributed by atoms with Crippen LogP contribution in [0.25, 0.3) is 127 Å². The van der Waals surface area contributed by atoms with Gasteiger partial charge in [-0.15, -0.1) is 0 Å². The van der Waals surface area contributed by atoms with E-state index in [1.165, 1.54) is 82.2 Å². The number of benzene rings is 10. The fraction of sp³-hybridized carbons (Fsp3) is 0. The molecule has 0 aliphatic rings. The van der Waals surface area contributed by atoms with Crippen molar-refractivity contribution in [2.45, 2.75) is 0 Å². The fourth-order valence-electron chi connectivity index (χ4n) is 10.6. The predicted octanol–water partition coefficient (Wildman–Crippen LogP) is 16.2. The van der Waals surface area contributed by atoms with E-state index in [4.69, 9.17) is 4.42 Å². The fourth-order valence-corrected chi connectivity index (χ4v) is 10.6. The summed E-state index contributed by atoms with van der Waals surface area (Å²) in [5.74, 6) is 0. The minimum absolute atomic E-state index is 0.893. The van der Waals surface area contributed by atoms with Crippen molar-refractivity contribution < 1.29 is 4.42 Å². The van der Waals surface area contributed by atoms with Crippen LogP contribution in [0, 0.1) is 0 Å². The molecule has 0 spiro atoms. The van der Waals surface area contributed by atoms with Gasteiger partial charge in [0.2, 0.25) is 0 Å². The zero-order chi connectivity index (χ0) is 41.9. The molecular formula is C60H37N3O. The molecular weight excluding hydrogens is 779 g/mol. The Bertz CT molecular complexity index is 4180. The zero-order valence-corrected chi connectivity index (χ0v) is 34.6. The zero-order valence-electron chi connectivity index (χ0n) is 34.6. The van der Waals surface area contributed by atoms with Crippen molar-refractivity contribution >= 4 is 87.4 Å². The summed E-state index contributed by atoms with van der Waals surface area (Å²) in [5.41, 5.74) is 17.0. The van der Waals surface area contributed by atoms with Crippen molar-refractivity contribution in [2.24, 2.45) is 0 Å². The first-order chi connectivity index (χ1) is 31.7. The van der Waals surface area contributed by atoms with Crippen molar-refractivity contribution in [2.75, 3.05) is 0 Å². The van der Waals surface area contributed by atoms with Crippen LogP contribution in [0.3, 0.4) is 0 Å². The summed E-state index contributed by atoms with van der Waals surface area (Å²) in [7, 11) is 0. The highest BCUT2D eigenvalue weighted by atomic mass is 16.3. The molecule has 4 heterocycles. The summed E-state index contributed by atoms with van der Waals surface area (Å²) in [6.45, 7) is 0. The van der Waals surface area contributed by atoms with E-state index >= 15 is 0 Å². The number of hydrogen-bond donors (Lipinski definition) is 0. The Morgan fingerprint density at radius 2 is 0.703 bits per heavy atom. The largest absolute Gasteiger partial charge is 0.456 e. The molecule has 0 bridgehead atoms. The molecule has 10 aromatic carbocycles. The summed E-state index contributed by atoms with van der Waals surface area (Å²) in [6.07, 6.45) is 0. The molecule has 0 N–H and O–H groups in total. The molecule has 0 aliphatic heterocycles. The molecule has 0 aliphatic carbocycles. The molecule has 4 nitrogen and oxygen atoms in total. The molecule has 298 valence electrons. The normalized spacial score (nSPS) is 12.1. The third kappa shape index (κ3) is 5.05. The lowest BCUT2D eigenvalue weighted by Gasteiger charge is -2.15. The Morgan fingerprint density at radius 3 is 1.41 bits per heavy atom. The topological polar surface area (TPSA) is 27.9 Å². The second kappa shape index (κ2) is 13.4. The van der Waals surface area contributed by atoms with Crippen LogP contribution >= 0.6 is 0 Å². The first-order valence-electron chi connectivity index (χ1n) is 21.9. The molecule has 14 rings (SSSR count). The maximum atomic E-state index is 6.27. The third-order valence-electron chi connectivity index (χ3n) is 13.4. The van der Waals surface area contributed by atoms with E-state index in [9.17, 15) is 0 Å². The van der Waals surface area contributed by atoms with Gasteiger partial charge in [-0.05, 0) is 113 Å². The van der Waals surface area contributed by atoms with Crippen molar-refractivity contribution in [1.82, 2.24) is 13.7 Å². The number of aromatic nitrogens is 3. The highest BCUT2D eigenvalue weighted by Crippen LogP contribution is 2.44. The molecule has 0 unspecified atom stereocenters. The number of rotatable bonds is 5. The van der Waals surface area contributed by atoms with Crippen LogP contribution in [0.4, 0.5) is 0 Å². The molecule has 4 heteroatoms. The van der Waals surface area contributed by atoms with Crippen LogP contribution in [0.5, 0.6) is 0 Å². The predicted molar refractivity (Wildman–Crippen MR) is 268 cm³/mol. The number of hydrogen-bond acceptors (Lipinski definition) is 1. The molecule has 0 fully saturated rings. The SMILES string of the molecule is c1ccc(-c2cc3c(cc2-c2ccc4c5ccccc5n(-c5ccc6c(c5)c5ccccc5n6-c5ccccc5)c4c2)c2ccccc2n3-c2ccc3oc4ccccc4c3c2)cc1. The first kappa shape index (κ1) is 35.0. The Morgan fingerprint density at radius 1 is 0.234 bits per heavy atom. The lowest BCUT2D eigenvalue weighted by atomic mass is 9.92. The van der Waals surface area contributed by atoms with Gasteiger partial charge in [0.25, 0.3) is 0 Å². The molecule has 14 aromatic rings. The number of para-hydroxylation sites is 5. The van der Waals surface area contributed by atoms with E-state index in [2.05, 4.69) is 226 Å². The highest BCUT2D eigenvalue weighted by molar-refractivity contribution is 6.16. The molecule has 4 aromatic heterocycles. The van der Waals surface area contributed by atoms with Crippen molar-refractivity contribution in [3.8, 4) is 39.3 Å². The van der Waals surface area contributed by atoms with Crippen molar-refractivity contribution in [1.29, 1.82) is 0 Å². The number of furan rings is 1. The molecule has 0 saturated carbocycles. The van der Waals surface area contributed by atoms with E-state index in [1.54, 1.807) is 0 Å². The quantitative estimate of drug-likeness (QED) is 0.170. The van der Waals surface area contributed by atoms with Gasteiger partial charge < -0.3 is 18.1 Å². The monoisotopic (exact) mass is 815 g/mol. The lowest BCUT2D eigenvalue weighted by molar-refractivity contribution is 0.669. The van der Waals surface area contributed by atoms with Gasteiger partial charge in [0.15, 0.2) is 0 Å². The summed E-state index contributed by atoms with van der Waals surface area (Å²) in [5, 5.41) is 9.60.